The smallest absolute Gasteiger partial charge is 0.410 e. The predicted molar refractivity (Wildman–Crippen MR) is 95.3 cm³/mol. The zero-order chi connectivity index (χ0) is 17.2. The van der Waals surface area contributed by atoms with E-state index in [0.717, 1.165) is 28.6 Å². The number of carbonyl (C=O) groups excluding carboxylic acids is 1. The fourth-order valence-electron chi connectivity index (χ4n) is 2.49. The number of likely N-dealkylation sites (tertiary alicyclic amines) is 1. The number of ether oxygens (including phenoxy) is 2. The largest absolute Gasteiger partial charge is 0.489 e. The molecule has 0 atom stereocenters. The van der Waals surface area contributed by atoms with Gasteiger partial charge in [0, 0.05) is 31.0 Å². The lowest BCUT2D eigenvalue weighted by Gasteiger charge is -2.33. The number of hydrogen-bond donors (Lipinski definition) is 0. The maximum atomic E-state index is 12.1. The molecule has 0 unspecified atom stereocenters. The zero-order valence-electron chi connectivity index (χ0n) is 14.0. The van der Waals surface area contributed by atoms with Crippen molar-refractivity contribution in [2.75, 3.05) is 13.1 Å². The Labute approximate surface area is 151 Å². The molecule has 0 bridgehead atoms. The van der Waals surface area contributed by atoms with Crippen molar-refractivity contribution in [2.45, 2.75) is 52.2 Å². The minimum atomic E-state index is -0.463. The highest BCUT2D eigenvalue weighted by molar-refractivity contribution is 9.10. The Bertz CT molecular complexity index is 555. The van der Waals surface area contributed by atoms with E-state index in [0.29, 0.717) is 18.1 Å². The van der Waals surface area contributed by atoms with Crippen molar-refractivity contribution >= 4 is 33.6 Å². The van der Waals surface area contributed by atoms with Gasteiger partial charge in [0.15, 0.2) is 0 Å². The monoisotopic (exact) mass is 403 g/mol. The van der Waals surface area contributed by atoms with Crippen LogP contribution in [0, 0.1) is 6.92 Å². The van der Waals surface area contributed by atoms with Crippen molar-refractivity contribution in [1.82, 2.24) is 4.90 Å². The van der Waals surface area contributed by atoms with Gasteiger partial charge in [-0.15, -0.1) is 0 Å². The summed E-state index contributed by atoms with van der Waals surface area (Å²) in [6.45, 7) is 8.89. The second-order valence-corrected chi connectivity index (χ2v) is 8.11. The van der Waals surface area contributed by atoms with Gasteiger partial charge >= 0.3 is 6.09 Å². The van der Waals surface area contributed by atoms with Crippen LogP contribution in [0.15, 0.2) is 16.6 Å². The lowest BCUT2D eigenvalue weighted by molar-refractivity contribution is 0.0125. The normalized spacial score (nSPS) is 16.3. The van der Waals surface area contributed by atoms with Gasteiger partial charge in [-0.2, -0.15) is 0 Å². The van der Waals surface area contributed by atoms with Crippen LogP contribution < -0.4 is 4.74 Å². The first-order valence-electron chi connectivity index (χ1n) is 7.76. The summed E-state index contributed by atoms with van der Waals surface area (Å²) in [6.07, 6.45) is 1.41. The molecule has 128 valence electrons. The molecule has 1 aromatic rings. The van der Waals surface area contributed by atoms with E-state index >= 15 is 0 Å². The number of benzene rings is 1. The maximum Gasteiger partial charge on any atom is 0.410 e. The van der Waals surface area contributed by atoms with E-state index in [4.69, 9.17) is 21.1 Å². The van der Waals surface area contributed by atoms with E-state index in [1.54, 1.807) is 4.90 Å². The molecule has 1 heterocycles. The quantitative estimate of drug-likeness (QED) is 0.681. The molecule has 2 rings (SSSR count). The minimum absolute atomic E-state index is 0.0878. The van der Waals surface area contributed by atoms with Crippen LogP contribution in [0.4, 0.5) is 4.79 Å². The summed E-state index contributed by atoms with van der Waals surface area (Å²) >= 11 is 9.53. The second-order valence-electron chi connectivity index (χ2n) is 6.82. The molecule has 23 heavy (non-hydrogen) atoms. The molecule has 1 aromatic carbocycles. The molecule has 1 fully saturated rings. The minimum Gasteiger partial charge on any atom is -0.489 e. The Morgan fingerprint density at radius 3 is 2.43 bits per heavy atom. The Hall–Kier alpha value is -0.940. The molecule has 1 aliphatic rings. The number of aryl methyl sites for hydroxylation is 1. The van der Waals surface area contributed by atoms with Crippen molar-refractivity contribution < 1.29 is 14.3 Å². The molecule has 1 aliphatic heterocycles. The van der Waals surface area contributed by atoms with E-state index in [-0.39, 0.29) is 12.2 Å². The van der Waals surface area contributed by atoms with E-state index in [1.165, 1.54) is 0 Å². The third kappa shape index (κ3) is 5.28. The van der Waals surface area contributed by atoms with Gasteiger partial charge < -0.3 is 14.4 Å². The van der Waals surface area contributed by atoms with Gasteiger partial charge in [0.05, 0.1) is 4.47 Å². The average Bonchev–Trinajstić information content (AvgIpc) is 2.41. The van der Waals surface area contributed by atoms with E-state index in [2.05, 4.69) is 15.9 Å². The first-order chi connectivity index (χ1) is 10.7. The predicted octanol–water partition coefficient (Wildman–Crippen LogP) is 5.19. The summed E-state index contributed by atoms with van der Waals surface area (Å²) in [4.78, 5) is 13.8. The van der Waals surface area contributed by atoms with Gasteiger partial charge in [-0.3, -0.25) is 0 Å². The lowest BCUT2D eigenvalue weighted by Crippen LogP contribution is -2.44. The van der Waals surface area contributed by atoms with Crippen LogP contribution in [-0.2, 0) is 4.74 Å². The van der Waals surface area contributed by atoms with E-state index in [9.17, 15) is 4.79 Å². The molecule has 0 radical (unpaired) electrons. The van der Waals surface area contributed by atoms with Crippen LogP contribution >= 0.6 is 27.5 Å². The first kappa shape index (κ1) is 18.4. The van der Waals surface area contributed by atoms with Crippen LogP contribution in [0.25, 0.3) is 0 Å². The maximum absolute atomic E-state index is 12.1. The Morgan fingerprint density at radius 2 is 1.91 bits per heavy atom. The molecule has 1 amide bonds. The lowest BCUT2D eigenvalue weighted by atomic mass is 10.1. The highest BCUT2D eigenvalue weighted by Crippen LogP contribution is 2.34. The van der Waals surface area contributed by atoms with Gasteiger partial charge in [0.2, 0.25) is 0 Å². The number of piperidine rings is 1. The van der Waals surface area contributed by atoms with Crippen molar-refractivity contribution in [3.63, 3.8) is 0 Å². The van der Waals surface area contributed by atoms with Crippen molar-refractivity contribution in [1.29, 1.82) is 0 Å². The van der Waals surface area contributed by atoms with Crippen LogP contribution in [0.3, 0.4) is 0 Å². The fraction of sp³-hybridized carbons (Fsp3) is 0.588. The number of carbonyl (C=O) groups is 1. The fourth-order valence-corrected chi connectivity index (χ4v) is 3.54. The topological polar surface area (TPSA) is 38.8 Å². The van der Waals surface area contributed by atoms with Crippen molar-refractivity contribution in [3.05, 3.63) is 27.2 Å². The first-order valence-corrected chi connectivity index (χ1v) is 8.93. The number of halogens is 2. The second kappa shape index (κ2) is 7.31. The summed E-state index contributed by atoms with van der Waals surface area (Å²) in [6, 6.07) is 3.72. The Kier molecular flexibility index (Phi) is 5.84. The number of amides is 1. The van der Waals surface area contributed by atoms with E-state index in [1.807, 2.05) is 39.8 Å². The summed E-state index contributed by atoms with van der Waals surface area (Å²) in [7, 11) is 0. The molecular formula is C17H23BrClNO3. The van der Waals surface area contributed by atoms with Crippen molar-refractivity contribution in [2.24, 2.45) is 0 Å². The summed E-state index contributed by atoms with van der Waals surface area (Å²) in [5.41, 5.74) is 0.536. The highest BCUT2D eigenvalue weighted by atomic mass is 79.9. The molecule has 0 aromatic heterocycles. The summed E-state index contributed by atoms with van der Waals surface area (Å²) < 4.78 is 12.4. The molecule has 0 N–H and O–H groups in total. The molecular weight excluding hydrogens is 382 g/mol. The SMILES string of the molecule is Cc1cc(Cl)cc(Br)c1OC1CCN(C(=O)OC(C)(C)C)CC1. The van der Waals surface area contributed by atoms with Gasteiger partial charge in [-0.25, -0.2) is 4.79 Å². The van der Waals surface area contributed by atoms with Crippen LogP contribution in [-0.4, -0.2) is 35.8 Å². The average molecular weight is 405 g/mol. The third-order valence-electron chi connectivity index (χ3n) is 3.57. The summed E-state index contributed by atoms with van der Waals surface area (Å²) in [5, 5.41) is 0.682. The molecule has 0 aliphatic carbocycles. The number of hydrogen-bond acceptors (Lipinski definition) is 3. The van der Waals surface area contributed by atoms with Gasteiger partial charge in [0.25, 0.3) is 0 Å². The number of rotatable bonds is 2. The van der Waals surface area contributed by atoms with Crippen LogP contribution in [0.5, 0.6) is 5.75 Å². The van der Waals surface area contributed by atoms with E-state index < -0.39 is 5.60 Å². The molecule has 4 nitrogen and oxygen atoms in total. The highest BCUT2D eigenvalue weighted by Gasteiger charge is 2.28. The standard InChI is InChI=1S/C17H23BrClNO3/c1-11-9-12(19)10-14(18)15(11)22-13-5-7-20(8-6-13)16(21)23-17(2,3)4/h9-10,13H,5-8H2,1-4H3. The van der Waals surface area contributed by atoms with Crippen LogP contribution in [0.2, 0.25) is 5.02 Å². The molecule has 6 heteroatoms. The van der Waals surface area contributed by atoms with Crippen LogP contribution in [0.1, 0.15) is 39.2 Å². The Balaban J connectivity index is 1.92. The summed E-state index contributed by atoms with van der Waals surface area (Å²) in [5.74, 6) is 0.824. The Morgan fingerprint density at radius 1 is 1.30 bits per heavy atom. The zero-order valence-corrected chi connectivity index (χ0v) is 16.3. The molecule has 1 saturated heterocycles. The number of nitrogens with zero attached hydrogens (tertiary/aromatic N) is 1. The van der Waals surface area contributed by atoms with Crippen molar-refractivity contribution in [3.8, 4) is 5.75 Å². The molecule has 0 saturated carbocycles. The molecule has 0 spiro atoms. The van der Waals surface area contributed by atoms with Gasteiger partial charge in [-0.05, 0) is 61.3 Å². The third-order valence-corrected chi connectivity index (χ3v) is 4.38. The van der Waals surface area contributed by atoms with Gasteiger partial charge in [-0.1, -0.05) is 11.6 Å². The van der Waals surface area contributed by atoms with Gasteiger partial charge in [0.1, 0.15) is 17.5 Å².